The number of ether oxygens (including phenoxy) is 1. The molecule has 0 radical (unpaired) electrons. The van der Waals surface area contributed by atoms with Crippen LogP contribution >= 0.6 is 12.2 Å². The molecule has 2 heterocycles. The average Bonchev–Trinajstić information content (AvgIpc) is 3.06. The van der Waals surface area contributed by atoms with Crippen LogP contribution in [0.5, 0.6) is 0 Å². The van der Waals surface area contributed by atoms with Crippen molar-refractivity contribution < 1.29 is 23.5 Å². The third kappa shape index (κ3) is 3.48. The molecule has 126 valence electrons. The van der Waals surface area contributed by atoms with Crippen LogP contribution in [-0.2, 0) is 14.3 Å². The Morgan fingerprint density at radius 1 is 1.16 bits per heavy atom. The second-order valence-corrected chi connectivity index (χ2v) is 5.48. The minimum Gasteiger partial charge on any atom is -0.465 e. The first kappa shape index (κ1) is 16.6. The van der Waals surface area contributed by atoms with Crippen LogP contribution in [0.15, 0.2) is 46.4 Å². The van der Waals surface area contributed by atoms with Gasteiger partial charge in [0.25, 0.3) is 11.8 Å². The van der Waals surface area contributed by atoms with E-state index in [0.717, 1.165) is 0 Å². The zero-order chi connectivity index (χ0) is 18.0. The fraction of sp³-hybridized carbons (Fsp3) is 0.0588. The number of carbonyl (C=O) groups is 3. The topological polar surface area (TPSA) is 97.6 Å². The van der Waals surface area contributed by atoms with Crippen molar-refractivity contribution in [2.75, 3.05) is 7.11 Å². The van der Waals surface area contributed by atoms with Crippen molar-refractivity contribution in [1.82, 2.24) is 10.6 Å². The number of furan rings is 1. The fourth-order valence-electron chi connectivity index (χ4n) is 2.25. The molecule has 1 aromatic carbocycles. The van der Waals surface area contributed by atoms with Gasteiger partial charge in [0.2, 0.25) is 0 Å². The minimum atomic E-state index is -0.598. The summed E-state index contributed by atoms with van der Waals surface area (Å²) < 4.78 is 10.3. The molecule has 1 aliphatic heterocycles. The van der Waals surface area contributed by atoms with Crippen molar-refractivity contribution in [2.24, 2.45) is 0 Å². The van der Waals surface area contributed by atoms with Crippen LogP contribution in [0.4, 0.5) is 0 Å². The maximum Gasteiger partial charge on any atom is 0.337 e. The van der Waals surface area contributed by atoms with E-state index in [9.17, 15) is 14.4 Å². The van der Waals surface area contributed by atoms with Gasteiger partial charge in [0.05, 0.1) is 12.7 Å². The summed E-state index contributed by atoms with van der Waals surface area (Å²) in [7, 11) is 1.30. The van der Waals surface area contributed by atoms with Gasteiger partial charge in [-0.15, -0.1) is 0 Å². The van der Waals surface area contributed by atoms with E-state index in [1.54, 1.807) is 36.4 Å². The number of rotatable bonds is 3. The summed E-state index contributed by atoms with van der Waals surface area (Å²) in [5.74, 6) is -0.864. The van der Waals surface area contributed by atoms with Crippen LogP contribution in [-0.4, -0.2) is 30.0 Å². The van der Waals surface area contributed by atoms with Gasteiger partial charge in [-0.1, -0.05) is 12.1 Å². The van der Waals surface area contributed by atoms with Crippen molar-refractivity contribution in [3.8, 4) is 11.3 Å². The standard InChI is InChI=1S/C17H12N2O5S/c1-23-16(22)10-4-2-3-9(7-10)13-6-5-11(24-13)8-12-14(20)18-17(25)19-15(12)21/h2-8H,1H3,(H2,18,19,20,21,25). The smallest absolute Gasteiger partial charge is 0.337 e. The summed E-state index contributed by atoms with van der Waals surface area (Å²) in [4.78, 5) is 35.3. The van der Waals surface area contributed by atoms with Crippen LogP contribution in [0, 0.1) is 0 Å². The predicted molar refractivity (Wildman–Crippen MR) is 92.3 cm³/mol. The van der Waals surface area contributed by atoms with Crippen LogP contribution in [0.1, 0.15) is 16.1 Å². The predicted octanol–water partition coefficient (Wildman–Crippen LogP) is 1.65. The summed E-state index contributed by atoms with van der Waals surface area (Å²) in [6.07, 6.45) is 1.32. The van der Waals surface area contributed by atoms with Gasteiger partial charge in [0.1, 0.15) is 17.1 Å². The molecule has 0 saturated carbocycles. The maximum atomic E-state index is 11.8. The fourth-order valence-corrected chi connectivity index (χ4v) is 2.44. The van der Waals surface area contributed by atoms with Crippen molar-refractivity contribution >= 4 is 41.2 Å². The van der Waals surface area contributed by atoms with Crippen LogP contribution in [0.3, 0.4) is 0 Å². The van der Waals surface area contributed by atoms with Gasteiger partial charge in [0, 0.05) is 5.56 Å². The molecule has 0 bridgehead atoms. The lowest BCUT2D eigenvalue weighted by atomic mass is 10.1. The first-order chi connectivity index (χ1) is 12.0. The summed E-state index contributed by atoms with van der Waals surface area (Å²) in [5.41, 5.74) is 0.930. The van der Waals surface area contributed by atoms with Crippen molar-refractivity contribution in [3.05, 3.63) is 53.3 Å². The van der Waals surface area contributed by atoms with E-state index in [2.05, 4.69) is 15.4 Å². The molecular weight excluding hydrogens is 344 g/mol. The second-order valence-electron chi connectivity index (χ2n) is 5.07. The quantitative estimate of drug-likeness (QED) is 0.376. The molecule has 1 aliphatic rings. The molecule has 2 amide bonds. The summed E-state index contributed by atoms with van der Waals surface area (Å²) in [6.45, 7) is 0. The Labute approximate surface area is 147 Å². The number of methoxy groups -OCH3 is 1. The van der Waals surface area contributed by atoms with Gasteiger partial charge in [-0.05, 0) is 42.6 Å². The lowest BCUT2D eigenvalue weighted by molar-refractivity contribution is -0.123. The van der Waals surface area contributed by atoms with Crippen molar-refractivity contribution in [2.45, 2.75) is 0 Å². The van der Waals surface area contributed by atoms with Gasteiger partial charge in [-0.2, -0.15) is 0 Å². The SMILES string of the molecule is COC(=O)c1cccc(-c2ccc(C=C3C(=O)NC(=S)NC3=O)o2)c1. The highest BCUT2D eigenvalue weighted by Gasteiger charge is 2.26. The lowest BCUT2D eigenvalue weighted by Crippen LogP contribution is -2.51. The molecule has 0 aliphatic carbocycles. The summed E-state index contributed by atoms with van der Waals surface area (Å²) >= 11 is 4.74. The van der Waals surface area contributed by atoms with Crippen molar-refractivity contribution in [3.63, 3.8) is 0 Å². The van der Waals surface area contributed by atoms with Gasteiger partial charge in [0.15, 0.2) is 5.11 Å². The Kier molecular flexibility index (Phi) is 4.44. The Hall–Kier alpha value is -3.26. The molecule has 1 aromatic heterocycles. The third-order valence-corrected chi connectivity index (χ3v) is 3.63. The van der Waals surface area contributed by atoms with E-state index in [1.165, 1.54) is 13.2 Å². The van der Waals surface area contributed by atoms with Gasteiger partial charge < -0.3 is 9.15 Å². The number of hydrogen-bond acceptors (Lipinski definition) is 6. The number of nitrogens with one attached hydrogen (secondary N) is 2. The largest absolute Gasteiger partial charge is 0.465 e. The van der Waals surface area contributed by atoms with E-state index >= 15 is 0 Å². The van der Waals surface area contributed by atoms with E-state index < -0.39 is 17.8 Å². The molecule has 1 fully saturated rings. The molecule has 2 N–H and O–H groups in total. The Bertz CT molecular complexity index is 907. The monoisotopic (exact) mass is 356 g/mol. The van der Waals surface area contributed by atoms with Crippen LogP contribution in [0.25, 0.3) is 17.4 Å². The first-order valence-corrected chi connectivity index (χ1v) is 7.55. The summed E-state index contributed by atoms with van der Waals surface area (Å²) in [6, 6.07) is 10.00. The van der Waals surface area contributed by atoms with Crippen molar-refractivity contribution in [1.29, 1.82) is 0 Å². The highest BCUT2D eigenvalue weighted by atomic mass is 32.1. The molecule has 0 unspecified atom stereocenters. The van der Waals surface area contributed by atoms with Gasteiger partial charge in [-0.25, -0.2) is 4.79 Å². The molecule has 25 heavy (non-hydrogen) atoms. The third-order valence-electron chi connectivity index (χ3n) is 3.42. The lowest BCUT2D eigenvalue weighted by Gasteiger charge is -2.15. The molecule has 2 aromatic rings. The van der Waals surface area contributed by atoms with E-state index in [0.29, 0.717) is 22.6 Å². The number of carbonyl (C=O) groups excluding carboxylic acids is 3. The molecule has 3 rings (SSSR count). The van der Waals surface area contributed by atoms with Gasteiger partial charge >= 0.3 is 5.97 Å². The van der Waals surface area contributed by atoms with E-state index in [1.807, 2.05) is 0 Å². The highest BCUT2D eigenvalue weighted by Crippen LogP contribution is 2.24. The summed E-state index contributed by atoms with van der Waals surface area (Å²) in [5, 5.41) is 4.65. The van der Waals surface area contributed by atoms with E-state index in [4.69, 9.17) is 16.6 Å². The number of benzene rings is 1. The Morgan fingerprint density at radius 3 is 2.56 bits per heavy atom. The number of thiocarbonyl (C=S) groups is 1. The second kappa shape index (κ2) is 6.70. The van der Waals surface area contributed by atoms with Crippen LogP contribution < -0.4 is 10.6 Å². The van der Waals surface area contributed by atoms with Crippen LogP contribution in [0.2, 0.25) is 0 Å². The number of amides is 2. The highest BCUT2D eigenvalue weighted by molar-refractivity contribution is 7.80. The molecule has 7 nitrogen and oxygen atoms in total. The minimum absolute atomic E-state index is 0.0353. The van der Waals surface area contributed by atoms with Gasteiger partial charge in [-0.3, -0.25) is 20.2 Å². The van der Waals surface area contributed by atoms with E-state index in [-0.39, 0.29) is 10.7 Å². The molecule has 0 spiro atoms. The Morgan fingerprint density at radius 2 is 1.88 bits per heavy atom. The first-order valence-electron chi connectivity index (χ1n) is 7.15. The Balaban J connectivity index is 1.89. The number of hydrogen-bond donors (Lipinski definition) is 2. The molecule has 1 saturated heterocycles. The molecule has 0 atom stereocenters. The molecular formula is C17H12N2O5S. The maximum absolute atomic E-state index is 11.8. The number of esters is 1. The zero-order valence-corrected chi connectivity index (χ0v) is 13.8. The average molecular weight is 356 g/mol. The molecule has 8 heteroatoms. The normalized spacial score (nSPS) is 14.0. The zero-order valence-electron chi connectivity index (χ0n) is 13.0.